The van der Waals surface area contributed by atoms with E-state index >= 15 is 0 Å². The Morgan fingerprint density at radius 1 is 1.44 bits per heavy atom. The fraction of sp³-hybridized carbons (Fsp3) is 0.500. The number of carbonyl (C=O) groups is 1. The summed E-state index contributed by atoms with van der Waals surface area (Å²) in [6.45, 7) is 1.78. The molecule has 0 aliphatic rings. The lowest BCUT2D eigenvalue weighted by atomic mass is 10.3. The highest BCUT2D eigenvalue weighted by atomic mass is 32.2. The molecule has 1 atom stereocenters. The molecule has 8 heteroatoms. The van der Waals surface area contributed by atoms with Crippen molar-refractivity contribution in [3.8, 4) is 0 Å². The first kappa shape index (κ1) is 14.5. The monoisotopic (exact) mass is 270 g/mol. The van der Waals surface area contributed by atoms with Crippen LogP contribution in [0.2, 0.25) is 0 Å². The smallest absolute Gasteiger partial charge is 0.244 e. The van der Waals surface area contributed by atoms with E-state index in [9.17, 15) is 4.79 Å². The number of nitrogen functional groups attached to an aromatic ring is 1. The second-order valence-corrected chi connectivity index (χ2v) is 4.64. The van der Waals surface area contributed by atoms with Crippen LogP contribution < -0.4 is 16.6 Å². The van der Waals surface area contributed by atoms with Gasteiger partial charge in [0, 0.05) is 20.2 Å². The highest BCUT2D eigenvalue weighted by molar-refractivity contribution is 7.98. The summed E-state index contributed by atoms with van der Waals surface area (Å²) in [6.07, 6.45) is 1.87. The van der Waals surface area contributed by atoms with Gasteiger partial charge in [-0.15, -0.1) is 0 Å². The van der Waals surface area contributed by atoms with Crippen LogP contribution in [-0.2, 0) is 4.79 Å². The molecule has 1 unspecified atom stereocenters. The van der Waals surface area contributed by atoms with Crippen molar-refractivity contribution in [2.24, 2.45) is 5.84 Å². The van der Waals surface area contributed by atoms with Crippen LogP contribution in [0.1, 0.15) is 6.92 Å². The standard InChI is InChI=1S/C10H18N6OS/c1-6(9(17)16(2)3)12-7-5-8(15-11)14-10(13-7)18-4/h5-6H,11H2,1-4H3,(H2,12,13,14,15). The third-order valence-electron chi connectivity index (χ3n) is 2.21. The summed E-state index contributed by atoms with van der Waals surface area (Å²) in [5.41, 5.74) is 2.47. The lowest BCUT2D eigenvalue weighted by molar-refractivity contribution is -0.129. The summed E-state index contributed by atoms with van der Waals surface area (Å²) in [4.78, 5) is 21.6. The second-order valence-electron chi connectivity index (χ2n) is 3.87. The lowest BCUT2D eigenvalue weighted by Crippen LogP contribution is -2.36. The number of anilines is 2. The van der Waals surface area contributed by atoms with Crippen LogP contribution in [0, 0.1) is 0 Å². The molecule has 1 aromatic heterocycles. The van der Waals surface area contributed by atoms with Crippen LogP contribution in [0.4, 0.5) is 11.6 Å². The molecule has 0 saturated carbocycles. The Balaban J connectivity index is 2.86. The molecule has 4 N–H and O–H groups in total. The molecule has 7 nitrogen and oxygen atoms in total. The van der Waals surface area contributed by atoms with E-state index in [2.05, 4.69) is 20.7 Å². The number of amides is 1. The topological polar surface area (TPSA) is 96.2 Å². The summed E-state index contributed by atoms with van der Waals surface area (Å²) < 4.78 is 0. The first-order chi connectivity index (χ1) is 8.47. The molecule has 100 valence electrons. The van der Waals surface area contributed by atoms with Crippen LogP contribution >= 0.6 is 11.8 Å². The van der Waals surface area contributed by atoms with Gasteiger partial charge in [-0.25, -0.2) is 15.8 Å². The molecule has 1 amide bonds. The van der Waals surface area contributed by atoms with Gasteiger partial charge in [-0.2, -0.15) is 0 Å². The third kappa shape index (κ3) is 3.74. The van der Waals surface area contributed by atoms with Gasteiger partial charge < -0.3 is 15.6 Å². The van der Waals surface area contributed by atoms with E-state index in [1.165, 1.54) is 16.7 Å². The van der Waals surface area contributed by atoms with Crippen molar-refractivity contribution in [3.63, 3.8) is 0 Å². The molecule has 18 heavy (non-hydrogen) atoms. The molecule has 0 radical (unpaired) electrons. The highest BCUT2D eigenvalue weighted by Crippen LogP contribution is 2.17. The molecule has 0 spiro atoms. The summed E-state index contributed by atoms with van der Waals surface area (Å²) in [7, 11) is 3.42. The summed E-state index contributed by atoms with van der Waals surface area (Å²) in [5, 5.41) is 3.60. The van der Waals surface area contributed by atoms with E-state index in [1.54, 1.807) is 27.1 Å². The van der Waals surface area contributed by atoms with Crippen molar-refractivity contribution in [1.82, 2.24) is 14.9 Å². The minimum atomic E-state index is -0.366. The van der Waals surface area contributed by atoms with E-state index in [1.807, 2.05) is 6.26 Å². The molecule has 0 aromatic carbocycles. The highest BCUT2D eigenvalue weighted by Gasteiger charge is 2.15. The number of hydrogen-bond donors (Lipinski definition) is 3. The maximum Gasteiger partial charge on any atom is 0.244 e. The number of nitrogens with two attached hydrogens (primary N) is 1. The second kappa shape index (κ2) is 6.41. The van der Waals surface area contributed by atoms with Crippen LogP contribution in [0.3, 0.4) is 0 Å². The fourth-order valence-electron chi connectivity index (χ4n) is 1.34. The van der Waals surface area contributed by atoms with E-state index in [0.717, 1.165) is 0 Å². The molecule has 0 saturated heterocycles. The average Bonchev–Trinajstić information content (AvgIpc) is 2.36. The third-order valence-corrected chi connectivity index (χ3v) is 2.76. The van der Waals surface area contributed by atoms with Gasteiger partial charge in [-0.3, -0.25) is 4.79 Å². The average molecular weight is 270 g/mol. The molecule has 1 heterocycles. The minimum absolute atomic E-state index is 0.0263. The Morgan fingerprint density at radius 3 is 2.56 bits per heavy atom. The van der Waals surface area contributed by atoms with E-state index < -0.39 is 0 Å². The first-order valence-electron chi connectivity index (χ1n) is 5.35. The Kier molecular flexibility index (Phi) is 5.17. The van der Waals surface area contributed by atoms with Gasteiger partial charge >= 0.3 is 0 Å². The zero-order chi connectivity index (χ0) is 13.7. The van der Waals surface area contributed by atoms with Gasteiger partial charge in [0.2, 0.25) is 5.91 Å². The zero-order valence-electron chi connectivity index (χ0n) is 10.9. The first-order valence-corrected chi connectivity index (χ1v) is 6.57. The van der Waals surface area contributed by atoms with Crippen LogP contribution in [0.15, 0.2) is 11.2 Å². The summed E-state index contributed by atoms with van der Waals surface area (Å²) in [5.74, 6) is 6.36. The number of nitrogens with one attached hydrogen (secondary N) is 2. The molecular weight excluding hydrogens is 252 g/mol. The van der Waals surface area contributed by atoms with Gasteiger partial charge in [0.1, 0.15) is 17.7 Å². The zero-order valence-corrected chi connectivity index (χ0v) is 11.7. The maximum atomic E-state index is 11.7. The van der Waals surface area contributed by atoms with Gasteiger partial charge in [0.25, 0.3) is 0 Å². The van der Waals surface area contributed by atoms with Crippen molar-refractivity contribution >= 4 is 29.3 Å². The number of rotatable bonds is 5. The number of carbonyl (C=O) groups excluding carboxylic acids is 1. The molecular formula is C10H18N6OS. The fourth-order valence-corrected chi connectivity index (χ4v) is 1.71. The van der Waals surface area contributed by atoms with E-state index in [0.29, 0.717) is 16.8 Å². The van der Waals surface area contributed by atoms with Crippen LogP contribution in [0.25, 0.3) is 0 Å². The molecule has 1 aromatic rings. The molecule has 0 bridgehead atoms. The van der Waals surface area contributed by atoms with Gasteiger partial charge in [0.15, 0.2) is 5.16 Å². The van der Waals surface area contributed by atoms with Crippen molar-refractivity contribution in [3.05, 3.63) is 6.07 Å². The predicted octanol–water partition coefficient (Wildman–Crippen LogP) is 0.373. The van der Waals surface area contributed by atoms with Crippen molar-refractivity contribution in [2.75, 3.05) is 31.1 Å². The number of nitrogens with zero attached hydrogens (tertiary/aromatic N) is 3. The molecule has 1 rings (SSSR count). The number of hydrogen-bond acceptors (Lipinski definition) is 7. The van der Waals surface area contributed by atoms with Crippen molar-refractivity contribution in [2.45, 2.75) is 18.1 Å². The maximum absolute atomic E-state index is 11.7. The quantitative estimate of drug-likeness (QED) is 0.308. The van der Waals surface area contributed by atoms with Gasteiger partial charge in [-0.05, 0) is 13.2 Å². The van der Waals surface area contributed by atoms with Gasteiger partial charge in [-0.1, -0.05) is 11.8 Å². The van der Waals surface area contributed by atoms with Crippen LogP contribution in [0.5, 0.6) is 0 Å². The summed E-state index contributed by atoms with van der Waals surface area (Å²) >= 11 is 1.40. The van der Waals surface area contributed by atoms with E-state index in [-0.39, 0.29) is 11.9 Å². The normalized spacial score (nSPS) is 11.8. The number of aromatic nitrogens is 2. The minimum Gasteiger partial charge on any atom is -0.358 e. The predicted molar refractivity (Wildman–Crippen MR) is 73.4 cm³/mol. The Morgan fingerprint density at radius 2 is 2.06 bits per heavy atom. The molecule has 0 aliphatic heterocycles. The Hall–Kier alpha value is -1.54. The molecule has 0 fully saturated rings. The summed E-state index contributed by atoms with van der Waals surface area (Å²) in [6, 6.07) is 1.29. The van der Waals surface area contributed by atoms with Crippen molar-refractivity contribution in [1.29, 1.82) is 0 Å². The van der Waals surface area contributed by atoms with Gasteiger partial charge in [0.05, 0.1) is 0 Å². The molecule has 0 aliphatic carbocycles. The Bertz CT molecular complexity index is 403. The number of thioether (sulfide) groups is 1. The number of likely N-dealkylation sites (N-methyl/N-ethyl adjacent to an activating group) is 1. The number of hydrazine groups is 1. The van der Waals surface area contributed by atoms with Crippen molar-refractivity contribution < 1.29 is 4.79 Å². The SMILES string of the molecule is CSc1nc(NN)cc(NC(C)C(=O)N(C)C)n1. The largest absolute Gasteiger partial charge is 0.358 e. The lowest BCUT2D eigenvalue weighted by Gasteiger charge is -2.18. The van der Waals surface area contributed by atoms with E-state index in [4.69, 9.17) is 5.84 Å². The van der Waals surface area contributed by atoms with Crippen LogP contribution in [-0.4, -0.2) is 47.2 Å². The Labute approximate surface area is 111 Å².